The smallest absolute Gasteiger partial charge is 0.377 e. The van der Waals surface area contributed by atoms with Crippen molar-refractivity contribution < 1.29 is 75.4 Å². The summed E-state index contributed by atoms with van der Waals surface area (Å²) in [5.74, 6) is -10.9. The lowest BCUT2D eigenvalue weighted by atomic mass is 9.74. The van der Waals surface area contributed by atoms with Crippen LogP contribution in [0.15, 0.2) is 12.2 Å². The van der Waals surface area contributed by atoms with Gasteiger partial charge in [-0.1, -0.05) is 58.1 Å². The molecule has 3 unspecified atom stereocenters. The number of amides is 12. The number of nitrogens with zero attached hydrogens (tertiary/aromatic N) is 9. The molecule has 1 spiro atoms. The molecule has 25 nitrogen and oxygen atoms in total. The van der Waals surface area contributed by atoms with Crippen molar-refractivity contribution in [1.29, 1.82) is 0 Å². The number of halogens is 5. The third kappa shape index (κ3) is 20.8. The zero-order valence-corrected chi connectivity index (χ0v) is 65.8. The molecule has 2 saturated heterocycles. The van der Waals surface area contributed by atoms with Crippen LogP contribution in [-0.2, 0) is 62.3 Å². The summed E-state index contributed by atoms with van der Waals surface area (Å²) in [7, 11) is 10.1. The minimum absolute atomic E-state index is 0.0109. The molecule has 0 aromatic carbocycles. The largest absolute Gasteiger partial charge is 0.391 e. The van der Waals surface area contributed by atoms with Gasteiger partial charge in [0.2, 0.25) is 70.9 Å². The van der Waals surface area contributed by atoms with E-state index in [0.717, 1.165) is 48.3 Å². The van der Waals surface area contributed by atoms with Gasteiger partial charge in [-0.25, -0.2) is 0 Å². The predicted octanol–water partition coefficient (Wildman–Crippen LogP) is 6.64. The van der Waals surface area contributed by atoms with Gasteiger partial charge in [0.1, 0.15) is 53.9 Å². The molecule has 106 heavy (non-hydrogen) atoms. The third-order valence-electron chi connectivity index (χ3n) is 24.7. The van der Waals surface area contributed by atoms with Crippen LogP contribution in [-0.4, -0.2) is 281 Å². The number of carbonyl (C=O) groups is 12. The summed E-state index contributed by atoms with van der Waals surface area (Å²) in [6.45, 7) is 5.86. The first-order chi connectivity index (χ1) is 50.1. The van der Waals surface area contributed by atoms with E-state index in [1.54, 1.807) is 32.9 Å². The summed E-state index contributed by atoms with van der Waals surface area (Å²) in [5, 5.41) is 8.25. The van der Waals surface area contributed by atoms with Crippen LogP contribution in [0, 0.1) is 35.5 Å². The maximum Gasteiger partial charge on any atom is 0.391 e. The molecule has 0 radical (unpaired) electrons. The zero-order valence-electron chi connectivity index (χ0n) is 64.3. The van der Waals surface area contributed by atoms with Gasteiger partial charge in [-0.3, -0.25) is 57.5 Å². The van der Waals surface area contributed by atoms with E-state index in [9.17, 15) is 37.1 Å². The molecule has 30 heteroatoms. The van der Waals surface area contributed by atoms with Crippen LogP contribution in [0.4, 0.5) is 13.2 Å². The Morgan fingerprint density at radius 3 is 1.92 bits per heavy atom. The number of hydrogen-bond donors (Lipinski definition) is 3. The Labute approximate surface area is 634 Å². The fraction of sp³-hybridized carbons (Fsp3) is 0.816. The van der Waals surface area contributed by atoms with Crippen LogP contribution in [0.25, 0.3) is 0 Å². The van der Waals surface area contributed by atoms with E-state index in [2.05, 4.69) is 16.0 Å². The molecule has 12 amide bonds. The van der Waals surface area contributed by atoms with Gasteiger partial charge in [0.25, 0.3) is 0 Å². The van der Waals surface area contributed by atoms with Gasteiger partial charge in [-0.05, 0) is 165 Å². The summed E-state index contributed by atoms with van der Waals surface area (Å²) < 4.78 is 48.6. The van der Waals surface area contributed by atoms with Crippen molar-refractivity contribution in [3.8, 4) is 0 Å². The van der Waals surface area contributed by atoms with E-state index in [1.165, 1.54) is 83.6 Å². The Bertz CT molecular complexity index is 3160. The number of likely N-dealkylation sites (N-methyl/N-ethyl adjacent to an activating group) is 6. The highest BCUT2D eigenvalue weighted by Gasteiger charge is 2.54. The van der Waals surface area contributed by atoms with Crippen molar-refractivity contribution in [3.63, 3.8) is 0 Å². The van der Waals surface area contributed by atoms with Crippen molar-refractivity contribution in [1.82, 2.24) is 60.0 Å². The lowest BCUT2D eigenvalue weighted by Crippen LogP contribution is -2.68. The molecule has 596 valence electrons. The Balaban J connectivity index is 1.20. The van der Waals surface area contributed by atoms with Gasteiger partial charge >= 0.3 is 6.18 Å². The lowest BCUT2D eigenvalue weighted by Gasteiger charge is -2.46. The van der Waals surface area contributed by atoms with Crippen molar-refractivity contribution >= 4 is 94.1 Å². The normalized spacial score (nSPS) is 32.4. The van der Waals surface area contributed by atoms with Gasteiger partial charge in [0, 0.05) is 87.4 Å². The molecule has 13 atom stereocenters. The first-order valence-electron chi connectivity index (χ1n) is 39.1. The summed E-state index contributed by atoms with van der Waals surface area (Å²) in [6.07, 6.45) is 7.19. The van der Waals surface area contributed by atoms with E-state index in [4.69, 9.17) is 27.9 Å². The van der Waals surface area contributed by atoms with Crippen molar-refractivity contribution in [2.24, 2.45) is 35.5 Å². The maximum atomic E-state index is 15.7. The molecule has 3 aliphatic heterocycles. The second kappa shape index (κ2) is 37.9. The average Bonchev–Trinajstić information content (AvgIpc) is 1.53. The highest BCUT2D eigenvalue weighted by molar-refractivity contribution is 6.30. The van der Waals surface area contributed by atoms with Gasteiger partial charge in [-0.2, -0.15) is 13.2 Å². The van der Waals surface area contributed by atoms with Crippen LogP contribution in [0.2, 0.25) is 0 Å². The number of nitrogens with one attached hydrogen (secondary N) is 3. The number of carbonyl (C=O) groups excluding carboxylic acids is 12. The lowest BCUT2D eigenvalue weighted by molar-refractivity contribution is -0.184. The van der Waals surface area contributed by atoms with E-state index < -0.39 is 180 Å². The van der Waals surface area contributed by atoms with Gasteiger partial charge in [0.15, 0.2) is 0 Å². The van der Waals surface area contributed by atoms with E-state index in [0.29, 0.717) is 51.4 Å². The Morgan fingerprint density at radius 1 is 0.670 bits per heavy atom. The number of rotatable bonds is 13. The fourth-order valence-electron chi connectivity index (χ4n) is 17.6. The molecule has 2 bridgehead atoms. The van der Waals surface area contributed by atoms with E-state index in [-0.39, 0.29) is 119 Å². The van der Waals surface area contributed by atoms with Crippen molar-refractivity contribution in [3.05, 3.63) is 12.2 Å². The van der Waals surface area contributed by atoms with Crippen molar-refractivity contribution in [2.75, 3.05) is 88.7 Å². The minimum atomic E-state index is -4.44. The van der Waals surface area contributed by atoms with E-state index >= 15 is 33.6 Å². The van der Waals surface area contributed by atoms with Gasteiger partial charge in [0.05, 0.1) is 36.9 Å². The molecule has 0 aromatic rings. The monoisotopic (exact) mass is 1530 g/mol. The Kier molecular flexibility index (Phi) is 30.5. The minimum Gasteiger partial charge on any atom is -0.377 e. The van der Waals surface area contributed by atoms with Crippen LogP contribution in [0.1, 0.15) is 195 Å². The third-order valence-corrected chi connectivity index (χ3v) is 25.8. The first kappa shape index (κ1) is 85.3. The van der Waals surface area contributed by atoms with Crippen LogP contribution in [0.5, 0.6) is 0 Å². The number of hydrogen-bond acceptors (Lipinski definition) is 13. The highest BCUT2D eigenvalue weighted by atomic mass is 35.5. The number of fused-ring (bicyclic) bond motifs is 3. The second-order valence-corrected chi connectivity index (χ2v) is 33.3. The Hall–Kier alpha value is -6.29. The number of alkyl halides is 5. The number of ether oxygens (including phenoxy) is 1. The fourth-order valence-corrected chi connectivity index (χ4v) is 18.2. The molecule has 3 heterocycles. The second-order valence-electron chi connectivity index (χ2n) is 32.2. The first-order valence-corrected chi connectivity index (χ1v) is 39.9. The standard InChI is InChI=1S/C76H119Cl2F3N12O13/c1-12-46(3)64-72(103)87(8)45-63(96)88(9)57-26-15-14-20-37-91(71(57)102)60(39-49-27-31-52(32-28-49)76(79,80)81)70(101)86(7)44-61(94)82-56(34-30-48-29-33-54(77)55(78)38-48)68(99)93-43-53(106-13-2)40-58(93)67(98)84-75(35-21-36-75)74(105)90(11)65(51-24-18-19-25-51)73(104)89(10)59(69(100)85(5)6)41-62(95)92(47(4)66(97)83-64)42-50-22-16-17-23-50/h14-15,46-60,64-65H,12-13,16-45H2,1-11H3,(H,82,94)(H,83,97)(H,84,98)/b15-14-/t46-,47-,48?,49?,52?,53+,54?,55?,56-,57-,58-,59-,60-,64-,65-/m0/s1. The molecule has 5 aliphatic carbocycles. The highest BCUT2D eigenvalue weighted by Crippen LogP contribution is 2.43. The zero-order chi connectivity index (χ0) is 77.8. The van der Waals surface area contributed by atoms with Crippen LogP contribution in [0.3, 0.4) is 0 Å². The molecule has 8 aliphatic rings. The SMILES string of the molecule is CCO[C@@H]1C[C@H]2C(=O)NC3(CCC3)C(=O)N(C)[C@@H](C3CCCC3)C(=O)N(C)[C@H](C(=O)N(C)C)CC(=O)N(CC3CCCC3)[C@@H](C)C(=O)N[C@@H]([C@@H](C)CC)C(=O)N(C)CC(=O)N(C)[C@H]3C/C=C\CCN(C3=O)[C@@H](CC3CCC(C(F)(F)F)CC3)C(=O)N(C)CC(=O)N[C@@H](CCC3CCC(Cl)C(Cl)C3)C(=O)N2C1. The summed E-state index contributed by atoms with van der Waals surface area (Å²) in [6, 6.07) is -10.2. The molecule has 3 N–H and O–H groups in total. The summed E-state index contributed by atoms with van der Waals surface area (Å²) >= 11 is 13.3. The summed E-state index contributed by atoms with van der Waals surface area (Å²) in [4.78, 5) is 194. The maximum absolute atomic E-state index is 15.7. The van der Waals surface area contributed by atoms with Crippen LogP contribution >= 0.6 is 23.2 Å². The average molecular weight is 1540 g/mol. The molecular formula is C76H119Cl2F3N12O13. The molecule has 0 aromatic heterocycles. The molecule has 8 rings (SSSR count). The summed E-state index contributed by atoms with van der Waals surface area (Å²) in [5.41, 5.74) is -1.55. The predicted molar refractivity (Wildman–Crippen MR) is 393 cm³/mol. The Morgan fingerprint density at radius 2 is 1.31 bits per heavy atom. The van der Waals surface area contributed by atoms with Gasteiger partial charge in [-0.15, -0.1) is 23.2 Å². The van der Waals surface area contributed by atoms with E-state index in [1.807, 2.05) is 6.92 Å². The molecule has 5 saturated carbocycles. The molecular weight excluding hydrogens is 1420 g/mol. The van der Waals surface area contributed by atoms with Crippen molar-refractivity contribution in [2.45, 2.75) is 272 Å². The topological polar surface area (TPSA) is 279 Å². The van der Waals surface area contributed by atoms with Crippen LogP contribution < -0.4 is 16.0 Å². The quantitative estimate of drug-likeness (QED) is 0.129. The van der Waals surface area contributed by atoms with Gasteiger partial charge < -0.3 is 64.8 Å². The molecule has 7 fully saturated rings.